The molecule has 0 spiro atoms. The van der Waals surface area contributed by atoms with Crippen molar-refractivity contribution >= 4 is 0 Å². The number of nitrogens with one attached hydrogen (secondary N) is 1. The summed E-state index contributed by atoms with van der Waals surface area (Å²) < 4.78 is 12.9. The quantitative estimate of drug-likeness (QED) is 0.802. The summed E-state index contributed by atoms with van der Waals surface area (Å²) in [6.45, 7) is 5.07. The van der Waals surface area contributed by atoms with Gasteiger partial charge in [0.2, 0.25) is 0 Å². The van der Waals surface area contributed by atoms with Crippen molar-refractivity contribution < 1.29 is 4.39 Å². The molecule has 0 heterocycles. The lowest BCUT2D eigenvalue weighted by molar-refractivity contribution is 0.206. The van der Waals surface area contributed by atoms with E-state index in [1.165, 1.54) is 30.9 Å². The molecule has 0 radical (unpaired) electrons. The van der Waals surface area contributed by atoms with Crippen LogP contribution >= 0.6 is 0 Å². The molecule has 15 heavy (non-hydrogen) atoms. The van der Waals surface area contributed by atoms with E-state index < -0.39 is 0 Å². The monoisotopic (exact) mass is 207 g/mol. The molecule has 2 rings (SSSR count). The maximum Gasteiger partial charge on any atom is 0.123 e. The Hall–Kier alpha value is -0.890. The highest BCUT2D eigenvalue weighted by Gasteiger charge is 2.30. The van der Waals surface area contributed by atoms with Crippen LogP contribution in [0.4, 0.5) is 4.39 Å². The Morgan fingerprint density at radius 2 is 2.13 bits per heavy atom. The predicted molar refractivity (Wildman–Crippen MR) is 60.2 cm³/mol. The van der Waals surface area contributed by atoms with Crippen molar-refractivity contribution in [3.8, 4) is 0 Å². The highest BCUT2D eigenvalue weighted by Crippen LogP contribution is 2.31. The maximum atomic E-state index is 12.9. The van der Waals surface area contributed by atoms with Crippen molar-refractivity contribution in [2.75, 3.05) is 0 Å². The van der Waals surface area contributed by atoms with Crippen molar-refractivity contribution in [3.05, 3.63) is 35.1 Å². The predicted octanol–water partition coefficient (Wildman–Crippen LogP) is 3.17. The number of aryl methyl sites for hydroxylation is 1. The average Bonchev–Trinajstić information content (AvgIpc) is 2.14. The van der Waals surface area contributed by atoms with Gasteiger partial charge in [0.1, 0.15) is 5.82 Å². The molecule has 0 unspecified atom stereocenters. The van der Waals surface area contributed by atoms with E-state index >= 15 is 0 Å². The van der Waals surface area contributed by atoms with E-state index in [4.69, 9.17) is 0 Å². The lowest BCUT2D eigenvalue weighted by Crippen LogP contribution is -2.47. The van der Waals surface area contributed by atoms with E-state index in [1.807, 2.05) is 13.0 Å². The molecule has 2 heteroatoms. The molecular formula is C13H18FN. The first-order valence-electron chi connectivity index (χ1n) is 5.59. The molecule has 0 amide bonds. The van der Waals surface area contributed by atoms with Crippen LogP contribution in [0, 0.1) is 12.7 Å². The van der Waals surface area contributed by atoms with E-state index in [-0.39, 0.29) is 5.82 Å². The third-order valence-electron chi connectivity index (χ3n) is 3.47. The van der Waals surface area contributed by atoms with Gasteiger partial charge in [0.15, 0.2) is 0 Å². The molecule has 1 aliphatic rings. The van der Waals surface area contributed by atoms with Gasteiger partial charge in [-0.1, -0.05) is 6.07 Å². The largest absolute Gasteiger partial charge is 0.307 e. The second kappa shape index (κ2) is 3.93. The zero-order valence-electron chi connectivity index (χ0n) is 9.44. The molecule has 1 saturated carbocycles. The fraction of sp³-hybridized carbons (Fsp3) is 0.538. The summed E-state index contributed by atoms with van der Waals surface area (Å²) in [6.07, 6.45) is 3.84. The number of halogens is 1. The lowest BCUT2D eigenvalue weighted by atomic mass is 9.78. The first-order chi connectivity index (χ1) is 7.09. The summed E-state index contributed by atoms with van der Waals surface area (Å²) in [7, 11) is 0. The fourth-order valence-electron chi connectivity index (χ4n) is 2.05. The van der Waals surface area contributed by atoms with Crippen LogP contribution in [0.5, 0.6) is 0 Å². The van der Waals surface area contributed by atoms with Crippen LogP contribution in [0.3, 0.4) is 0 Å². The van der Waals surface area contributed by atoms with Gasteiger partial charge in [0, 0.05) is 12.1 Å². The molecule has 0 aromatic heterocycles. The molecule has 1 aromatic carbocycles. The molecule has 0 saturated heterocycles. The molecule has 0 aliphatic heterocycles. The molecule has 82 valence electrons. The zero-order chi connectivity index (χ0) is 10.9. The van der Waals surface area contributed by atoms with Gasteiger partial charge in [0.05, 0.1) is 0 Å². The fourth-order valence-corrected chi connectivity index (χ4v) is 2.05. The molecule has 1 aliphatic carbocycles. The summed E-state index contributed by atoms with van der Waals surface area (Å²) in [5, 5.41) is 3.55. The Balaban J connectivity index is 1.98. The highest BCUT2D eigenvalue weighted by atomic mass is 19.1. The van der Waals surface area contributed by atoms with Crippen molar-refractivity contribution in [1.29, 1.82) is 0 Å². The van der Waals surface area contributed by atoms with Crippen molar-refractivity contribution in [2.24, 2.45) is 0 Å². The zero-order valence-corrected chi connectivity index (χ0v) is 9.44. The van der Waals surface area contributed by atoms with Crippen LogP contribution in [0.25, 0.3) is 0 Å². The summed E-state index contributed by atoms with van der Waals surface area (Å²) in [5.74, 6) is -0.147. The number of hydrogen-bond donors (Lipinski definition) is 1. The minimum atomic E-state index is -0.147. The molecule has 1 nitrogen and oxygen atoms in total. The summed E-state index contributed by atoms with van der Waals surface area (Å²) >= 11 is 0. The third kappa shape index (κ3) is 2.37. The highest BCUT2D eigenvalue weighted by molar-refractivity contribution is 5.26. The number of benzene rings is 1. The van der Waals surface area contributed by atoms with Gasteiger partial charge in [0.25, 0.3) is 0 Å². The standard InChI is InChI=1S/C13H18FN/c1-10-8-12(14)5-4-11(10)9-15-13(2)6-3-7-13/h4-5,8,15H,3,6-7,9H2,1-2H3. The molecule has 1 N–H and O–H groups in total. The van der Waals surface area contributed by atoms with Crippen LogP contribution in [0.1, 0.15) is 37.3 Å². The van der Waals surface area contributed by atoms with E-state index in [0.717, 1.165) is 12.1 Å². The third-order valence-corrected chi connectivity index (χ3v) is 3.47. The second-order valence-corrected chi connectivity index (χ2v) is 4.84. The smallest absolute Gasteiger partial charge is 0.123 e. The van der Waals surface area contributed by atoms with Crippen LogP contribution in [0.2, 0.25) is 0 Å². The first-order valence-corrected chi connectivity index (χ1v) is 5.59. The van der Waals surface area contributed by atoms with Crippen LogP contribution in [-0.4, -0.2) is 5.54 Å². The minimum Gasteiger partial charge on any atom is -0.307 e. The summed E-state index contributed by atoms with van der Waals surface area (Å²) in [4.78, 5) is 0. The Morgan fingerprint density at radius 1 is 1.40 bits per heavy atom. The molecule has 0 bridgehead atoms. The maximum absolute atomic E-state index is 12.9. The normalized spacial score (nSPS) is 18.6. The Morgan fingerprint density at radius 3 is 2.67 bits per heavy atom. The number of rotatable bonds is 3. The molecule has 1 fully saturated rings. The van der Waals surface area contributed by atoms with Gasteiger partial charge >= 0.3 is 0 Å². The lowest BCUT2D eigenvalue weighted by Gasteiger charge is -2.39. The Labute approximate surface area is 90.7 Å². The van der Waals surface area contributed by atoms with Gasteiger partial charge in [-0.15, -0.1) is 0 Å². The van der Waals surface area contributed by atoms with E-state index in [2.05, 4.69) is 12.2 Å². The van der Waals surface area contributed by atoms with E-state index in [1.54, 1.807) is 6.07 Å². The van der Waals surface area contributed by atoms with Gasteiger partial charge in [-0.3, -0.25) is 0 Å². The van der Waals surface area contributed by atoms with Gasteiger partial charge in [-0.05, 0) is 56.4 Å². The average molecular weight is 207 g/mol. The minimum absolute atomic E-state index is 0.147. The molecule has 0 atom stereocenters. The van der Waals surface area contributed by atoms with E-state index in [0.29, 0.717) is 5.54 Å². The van der Waals surface area contributed by atoms with Crippen LogP contribution < -0.4 is 5.32 Å². The van der Waals surface area contributed by atoms with Gasteiger partial charge in [-0.25, -0.2) is 4.39 Å². The van der Waals surface area contributed by atoms with Crippen LogP contribution in [0.15, 0.2) is 18.2 Å². The Kier molecular flexibility index (Phi) is 2.79. The molecular weight excluding hydrogens is 189 g/mol. The van der Waals surface area contributed by atoms with Crippen molar-refractivity contribution in [2.45, 2.75) is 45.2 Å². The molecule has 1 aromatic rings. The van der Waals surface area contributed by atoms with Gasteiger partial charge < -0.3 is 5.32 Å². The summed E-state index contributed by atoms with van der Waals surface area (Å²) in [5.41, 5.74) is 2.55. The van der Waals surface area contributed by atoms with Crippen molar-refractivity contribution in [3.63, 3.8) is 0 Å². The number of hydrogen-bond acceptors (Lipinski definition) is 1. The van der Waals surface area contributed by atoms with Gasteiger partial charge in [-0.2, -0.15) is 0 Å². The topological polar surface area (TPSA) is 12.0 Å². The SMILES string of the molecule is Cc1cc(F)ccc1CNC1(C)CCC1. The van der Waals surface area contributed by atoms with Crippen molar-refractivity contribution in [1.82, 2.24) is 5.32 Å². The first kappa shape index (κ1) is 10.6. The Bertz CT molecular complexity index is 356. The second-order valence-electron chi connectivity index (χ2n) is 4.84. The van der Waals surface area contributed by atoms with Crippen LogP contribution in [-0.2, 0) is 6.54 Å². The van der Waals surface area contributed by atoms with E-state index in [9.17, 15) is 4.39 Å². The summed E-state index contributed by atoms with van der Waals surface area (Å²) in [6, 6.07) is 5.01.